The summed E-state index contributed by atoms with van der Waals surface area (Å²) in [6, 6.07) is 10.8. The van der Waals surface area contributed by atoms with Gasteiger partial charge in [-0.05, 0) is 47.0 Å². The van der Waals surface area contributed by atoms with Crippen molar-refractivity contribution in [1.29, 1.82) is 0 Å². The number of anilines is 1. The Morgan fingerprint density at radius 3 is 2.65 bits per heavy atom. The standard InChI is InChI=1S/C20H19ClN2O3/c1-13(25)23-12-17-5-4-16(20(26)22-8-9-24)10-14(17)2-3-15-11-18(21)6-7-19(15)23/h2-7,10-11,24H,8-9,12H2,1H3,(H,22,26)/b3-2-. The van der Waals surface area contributed by atoms with E-state index in [4.69, 9.17) is 16.7 Å². The molecule has 3 rings (SSSR count). The van der Waals surface area contributed by atoms with Gasteiger partial charge in [-0.3, -0.25) is 9.59 Å². The van der Waals surface area contributed by atoms with Gasteiger partial charge in [0.1, 0.15) is 0 Å². The van der Waals surface area contributed by atoms with Gasteiger partial charge in [0.2, 0.25) is 5.91 Å². The zero-order chi connectivity index (χ0) is 18.7. The molecule has 0 aliphatic carbocycles. The highest BCUT2D eigenvalue weighted by atomic mass is 35.5. The number of nitrogens with one attached hydrogen (secondary N) is 1. The zero-order valence-electron chi connectivity index (χ0n) is 14.3. The topological polar surface area (TPSA) is 69.6 Å². The maximum Gasteiger partial charge on any atom is 0.251 e. The highest BCUT2D eigenvalue weighted by Gasteiger charge is 2.19. The van der Waals surface area contributed by atoms with Crippen LogP contribution in [0.5, 0.6) is 0 Å². The molecule has 5 nitrogen and oxygen atoms in total. The molecular formula is C20H19ClN2O3. The number of carbonyl (C=O) groups is 2. The summed E-state index contributed by atoms with van der Waals surface area (Å²) in [5, 5.41) is 12.1. The lowest BCUT2D eigenvalue weighted by Gasteiger charge is -2.26. The van der Waals surface area contributed by atoms with Crippen LogP contribution >= 0.6 is 11.6 Å². The number of amides is 2. The van der Waals surface area contributed by atoms with Crippen molar-refractivity contribution in [3.63, 3.8) is 0 Å². The first-order valence-electron chi connectivity index (χ1n) is 8.27. The van der Waals surface area contributed by atoms with Crippen molar-refractivity contribution in [3.8, 4) is 0 Å². The van der Waals surface area contributed by atoms with Gasteiger partial charge in [-0.1, -0.05) is 29.8 Å². The van der Waals surface area contributed by atoms with Crippen LogP contribution in [0.25, 0.3) is 12.2 Å². The van der Waals surface area contributed by atoms with Crippen LogP contribution in [0.3, 0.4) is 0 Å². The SMILES string of the molecule is CC(=O)N1Cc2ccc(C(=O)NCCO)cc2/C=C\c2cc(Cl)ccc21. The van der Waals surface area contributed by atoms with E-state index in [0.717, 1.165) is 22.4 Å². The number of hydrogen-bond donors (Lipinski definition) is 2. The highest BCUT2D eigenvalue weighted by Crippen LogP contribution is 2.31. The van der Waals surface area contributed by atoms with Crippen molar-refractivity contribution in [2.45, 2.75) is 13.5 Å². The first-order valence-corrected chi connectivity index (χ1v) is 8.65. The van der Waals surface area contributed by atoms with Gasteiger partial charge in [-0.15, -0.1) is 0 Å². The van der Waals surface area contributed by atoms with E-state index in [-0.39, 0.29) is 25.0 Å². The monoisotopic (exact) mass is 370 g/mol. The van der Waals surface area contributed by atoms with Gasteiger partial charge in [0.05, 0.1) is 18.8 Å². The summed E-state index contributed by atoms with van der Waals surface area (Å²) in [7, 11) is 0. The molecule has 0 saturated heterocycles. The summed E-state index contributed by atoms with van der Waals surface area (Å²) in [4.78, 5) is 26.0. The van der Waals surface area contributed by atoms with Gasteiger partial charge in [0, 0.05) is 24.1 Å². The third-order valence-electron chi connectivity index (χ3n) is 4.24. The minimum atomic E-state index is -0.246. The lowest BCUT2D eigenvalue weighted by molar-refractivity contribution is -0.116. The Bertz CT molecular complexity index is 893. The smallest absolute Gasteiger partial charge is 0.251 e. The van der Waals surface area contributed by atoms with Gasteiger partial charge >= 0.3 is 0 Å². The van der Waals surface area contributed by atoms with Crippen molar-refractivity contribution >= 4 is 41.3 Å². The van der Waals surface area contributed by atoms with Crippen LogP contribution in [0.4, 0.5) is 5.69 Å². The van der Waals surface area contributed by atoms with E-state index in [1.807, 2.05) is 30.4 Å². The van der Waals surface area contributed by atoms with Crippen LogP contribution in [0.2, 0.25) is 5.02 Å². The fourth-order valence-corrected chi connectivity index (χ4v) is 3.11. The lowest BCUT2D eigenvalue weighted by Crippen LogP contribution is -2.29. The number of fused-ring (bicyclic) bond motifs is 2. The Labute approximate surface area is 156 Å². The Morgan fingerprint density at radius 1 is 1.15 bits per heavy atom. The first-order chi connectivity index (χ1) is 12.5. The zero-order valence-corrected chi connectivity index (χ0v) is 15.1. The van der Waals surface area contributed by atoms with Gasteiger partial charge in [0.15, 0.2) is 0 Å². The van der Waals surface area contributed by atoms with Crippen LogP contribution in [-0.2, 0) is 11.3 Å². The van der Waals surface area contributed by atoms with Crippen molar-refractivity contribution < 1.29 is 14.7 Å². The number of nitrogens with zero attached hydrogens (tertiary/aromatic N) is 1. The number of halogens is 1. The lowest BCUT2D eigenvalue weighted by atomic mass is 9.98. The quantitative estimate of drug-likeness (QED) is 0.872. The normalized spacial score (nSPS) is 13.9. The van der Waals surface area contributed by atoms with E-state index in [1.54, 1.807) is 23.1 Å². The first kappa shape index (κ1) is 18.2. The third-order valence-corrected chi connectivity index (χ3v) is 4.47. The minimum absolute atomic E-state index is 0.0698. The van der Waals surface area contributed by atoms with Crippen molar-refractivity contribution in [2.75, 3.05) is 18.1 Å². The number of rotatable bonds is 3. The second kappa shape index (κ2) is 7.72. The maximum absolute atomic E-state index is 12.2. The molecule has 0 atom stereocenters. The summed E-state index contributed by atoms with van der Waals surface area (Å²) >= 11 is 6.10. The summed E-state index contributed by atoms with van der Waals surface area (Å²) < 4.78 is 0. The van der Waals surface area contributed by atoms with Gasteiger partial charge in [-0.25, -0.2) is 0 Å². The number of aliphatic hydroxyl groups excluding tert-OH is 1. The summed E-state index contributed by atoms with van der Waals surface area (Å²) in [6.07, 6.45) is 3.81. The van der Waals surface area contributed by atoms with Crippen molar-refractivity contribution in [2.24, 2.45) is 0 Å². The molecule has 0 bridgehead atoms. The van der Waals surface area contributed by atoms with E-state index in [9.17, 15) is 9.59 Å². The predicted octanol–water partition coefficient (Wildman–Crippen LogP) is 3.10. The molecule has 26 heavy (non-hydrogen) atoms. The van der Waals surface area contributed by atoms with Crippen LogP contribution in [0, 0.1) is 0 Å². The molecule has 6 heteroatoms. The molecule has 0 fully saturated rings. The Hall–Kier alpha value is -2.63. The Kier molecular flexibility index (Phi) is 5.40. The molecule has 0 unspecified atom stereocenters. The Balaban J connectivity index is 2.04. The molecule has 0 radical (unpaired) electrons. The third kappa shape index (κ3) is 3.79. The minimum Gasteiger partial charge on any atom is -0.395 e. The highest BCUT2D eigenvalue weighted by molar-refractivity contribution is 6.30. The molecule has 1 aliphatic heterocycles. The largest absolute Gasteiger partial charge is 0.395 e. The van der Waals surface area contributed by atoms with Crippen molar-refractivity contribution in [3.05, 3.63) is 63.7 Å². The second-order valence-electron chi connectivity index (χ2n) is 6.03. The van der Waals surface area contributed by atoms with E-state index < -0.39 is 0 Å². The fraction of sp³-hybridized carbons (Fsp3) is 0.200. The number of aliphatic hydroxyl groups is 1. The molecule has 1 heterocycles. The van der Waals surface area contributed by atoms with Crippen LogP contribution in [0.15, 0.2) is 36.4 Å². The Morgan fingerprint density at radius 2 is 1.92 bits per heavy atom. The maximum atomic E-state index is 12.2. The molecular weight excluding hydrogens is 352 g/mol. The summed E-state index contributed by atoms with van der Waals surface area (Å²) in [5.74, 6) is -0.316. The molecule has 2 amide bonds. The van der Waals surface area contributed by atoms with Crippen LogP contribution in [-0.4, -0.2) is 30.1 Å². The number of hydrogen-bond acceptors (Lipinski definition) is 3. The predicted molar refractivity (Wildman–Crippen MR) is 103 cm³/mol. The molecule has 0 aromatic heterocycles. The van der Waals surface area contributed by atoms with Gasteiger partial charge in [-0.2, -0.15) is 0 Å². The van der Waals surface area contributed by atoms with E-state index >= 15 is 0 Å². The fourth-order valence-electron chi connectivity index (χ4n) is 2.93. The van der Waals surface area contributed by atoms with E-state index in [0.29, 0.717) is 17.1 Å². The van der Waals surface area contributed by atoms with Gasteiger partial charge in [0.25, 0.3) is 5.91 Å². The molecule has 134 valence electrons. The van der Waals surface area contributed by atoms with Crippen LogP contribution in [0.1, 0.15) is 34.0 Å². The van der Waals surface area contributed by atoms with E-state index in [1.165, 1.54) is 6.92 Å². The van der Waals surface area contributed by atoms with Crippen molar-refractivity contribution in [1.82, 2.24) is 5.32 Å². The number of benzene rings is 2. The van der Waals surface area contributed by atoms with Gasteiger partial charge < -0.3 is 15.3 Å². The summed E-state index contributed by atoms with van der Waals surface area (Å²) in [5.41, 5.74) is 3.94. The average molecular weight is 371 g/mol. The van der Waals surface area contributed by atoms with Crippen LogP contribution < -0.4 is 10.2 Å². The second-order valence-corrected chi connectivity index (χ2v) is 6.47. The molecule has 2 N–H and O–H groups in total. The average Bonchev–Trinajstić information content (AvgIpc) is 2.61. The molecule has 1 aliphatic rings. The molecule has 0 saturated carbocycles. The molecule has 2 aromatic rings. The van der Waals surface area contributed by atoms with E-state index in [2.05, 4.69) is 5.32 Å². The molecule has 2 aromatic carbocycles. The molecule has 0 spiro atoms. The summed E-state index contributed by atoms with van der Waals surface area (Å²) in [6.45, 7) is 2.03. The number of carbonyl (C=O) groups excluding carboxylic acids is 2.